The van der Waals surface area contributed by atoms with Crippen molar-refractivity contribution in [2.45, 2.75) is 57.8 Å². The molecule has 3 nitrogen and oxygen atoms in total. The van der Waals surface area contributed by atoms with E-state index in [2.05, 4.69) is 29.4 Å². The van der Waals surface area contributed by atoms with Gasteiger partial charge in [0.1, 0.15) is 11.4 Å². The second-order valence-corrected chi connectivity index (χ2v) is 7.09. The highest BCUT2D eigenvalue weighted by Crippen LogP contribution is 2.45. The molecule has 0 unspecified atom stereocenters. The van der Waals surface area contributed by atoms with Gasteiger partial charge in [0, 0.05) is 5.41 Å². The van der Waals surface area contributed by atoms with E-state index in [1.165, 1.54) is 36.8 Å². The lowest BCUT2D eigenvalue weighted by Crippen LogP contribution is -2.27. The zero-order valence-electron chi connectivity index (χ0n) is 14.5. The maximum Gasteiger partial charge on any atom is 0.118 e. The summed E-state index contributed by atoms with van der Waals surface area (Å²) in [4.78, 5) is 10.9. The third-order valence-corrected chi connectivity index (χ3v) is 5.55. The average molecular weight is 323 g/mol. The second kappa shape index (κ2) is 6.76. The standard InChI is InChI=1S/C21H25NO2/c1-15-13-17(7-9-19(15)22-24)21(11-5-3-4-6-12-21)18-8-10-20(23)16(2)14-18/h7-10,13-14,23H,3-6,11-12H2,1-2H3. The lowest BCUT2D eigenvalue weighted by atomic mass is 9.68. The smallest absolute Gasteiger partial charge is 0.118 e. The number of aryl methyl sites for hydroxylation is 2. The van der Waals surface area contributed by atoms with Crippen molar-refractivity contribution in [3.63, 3.8) is 0 Å². The van der Waals surface area contributed by atoms with Gasteiger partial charge in [-0.2, -0.15) is 0 Å². The summed E-state index contributed by atoms with van der Waals surface area (Å²) in [5, 5.41) is 13.0. The Labute approximate surface area is 143 Å². The van der Waals surface area contributed by atoms with Crippen LogP contribution in [0.4, 0.5) is 5.69 Å². The fraction of sp³-hybridized carbons (Fsp3) is 0.429. The van der Waals surface area contributed by atoms with Crippen LogP contribution in [-0.2, 0) is 5.41 Å². The minimum atomic E-state index is -0.0405. The lowest BCUT2D eigenvalue weighted by Gasteiger charge is -2.35. The minimum absolute atomic E-state index is 0.0405. The normalized spacial score (nSPS) is 17.2. The molecule has 126 valence electrons. The van der Waals surface area contributed by atoms with Crippen LogP contribution in [-0.4, -0.2) is 5.11 Å². The van der Waals surface area contributed by atoms with E-state index in [0.717, 1.165) is 24.0 Å². The molecule has 0 aliphatic heterocycles. The Bertz CT molecular complexity index is 743. The first kappa shape index (κ1) is 16.7. The van der Waals surface area contributed by atoms with E-state index in [1.54, 1.807) is 0 Å². The monoisotopic (exact) mass is 323 g/mol. The molecule has 1 N–H and O–H groups in total. The molecule has 24 heavy (non-hydrogen) atoms. The van der Waals surface area contributed by atoms with Crippen molar-refractivity contribution < 1.29 is 5.11 Å². The summed E-state index contributed by atoms with van der Waals surface area (Å²) in [5.41, 5.74) is 4.86. The van der Waals surface area contributed by atoms with Crippen molar-refractivity contribution in [1.29, 1.82) is 0 Å². The molecule has 0 heterocycles. The van der Waals surface area contributed by atoms with E-state index in [-0.39, 0.29) is 5.41 Å². The molecule has 0 amide bonds. The molecule has 3 heteroatoms. The zero-order chi connectivity index (χ0) is 17.2. The summed E-state index contributed by atoms with van der Waals surface area (Å²) < 4.78 is 0. The molecule has 1 saturated carbocycles. The SMILES string of the molecule is Cc1cc(C2(c3ccc(N=O)c(C)c3)CCCCCC2)ccc1O. The van der Waals surface area contributed by atoms with Gasteiger partial charge in [-0.1, -0.05) is 49.9 Å². The Morgan fingerprint density at radius 2 is 1.46 bits per heavy atom. The molecule has 1 aliphatic carbocycles. The number of phenols is 1. The van der Waals surface area contributed by atoms with Crippen LogP contribution in [0.5, 0.6) is 5.75 Å². The summed E-state index contributed by atoms with van der Waals surface area (Å²) >= 11 is 0. The molecule has 1 aliphatic rings. The summed E-state index contributed by atoms with van der Waals surface area (Å²) in [6.07, 6.45) is 7.14. The number of nitrogens with zero attached hydrogens (tertiary/aromatic N) is 1. The van der Waals surface area contributed by atoms with Crippen LogP contribution in [0.3, 0.4) is 0 Å². The first-order chi connectivity index (χ1) is 11.6. The summed E-state index contributed by atoms with van der Waals surface area (Å²) in [5.74, 6) is 0.346. The summed E-state index contributed by atoms with van der Waals surface area (Å²) in [6, 6.07) is 12.0. The highest BCUT2D eigenvalue weighted by atomic mass is 16.3. The van der Waals surface area contributed by atoms with Gasteiger partial charge < -0.3 is 5.11 Å². The van der Waals surface area contributed by atoms with Gasteiger partial charge in [0.15, 0.2) is 0 Å². The molecule has 0 radical (unpaired) electrons. The van der Waals surface area contributed by atoms with Gasteiger partial charge >= 0.3 is 0 Å². The van der Waals surface area contributed by atoms with Crippen molar-refractivity contribution in [3.8, 4) is 5.75 Å². The zero-order valence-corrected chi connectivity index (χ0v) is 14.5. The van der Waals surface area contributed by atoms with Gasteiger partial charge in [-0.25, -0.2) is 0 Å². The van der Waals surface area contributed by atoms with Gasteiger partial charge in [-0.05, 0) is 66.3 Å². The third kappa shape index (κ3) is 2.95. The minimum Gasteiger partial charge on any atom is -0.508 e. The number of benzene rings is 2. The van der Waals surface area contributed by atoms with Crippen LogP contribution < -0.4 is 0 Å². The van der Waals surface area contributed by atoms with Crippen LogP contribution in [0.1, 0.15) is 60.8 Å². The van der Waals surface area contributed by atoms with Crippen molar-refractivity contribution >= 4 is 5.69 Å². The first-order valence-electron chi connectivity index (χ1n) is 8.81. The van der Waals surface area contributed by atoms with Crippen molar-refractivity contribution in [2.24, 2.45) is 5.18 Å². The Balaban J connectivity index is 2.16. The largest absolute Gasteiger partial charge is 0.508 e. The van der Waals surface area contributed by atoms with Crippen LogP contribution in [0.25, 0.3) is 0 Å². The molecule has 0 aromatic heterocycles. The molecular formula is C21H25NO2. The van der Waals surface area contributed by atoms with Crippen LogP contribution in [0.2, 0.25) is 0 Å². The van der Waals surface area contributed by atoms with Crippen LogP contribution in [0, 0.1) is 18.8 Å². The quantitative estimate of drug-likeness (QED) is 0.552. The van der Waals surface area contributed by atoms with Crippen molar-refractivity contribution in [2.75, 3.05) is 0 Å². The number of rotatable bonds is 3. The van der Waals surface area contributed by atoms with E-state index >= 15 is 0 Å². The van der Waals surface area contributed by atoms with Gasteiger partial charge in [0.25, 0.3) is 0 Å². The first-order valence-corrected chi connectivity index (χ1v) is 8.81. The Morgan fingerprint density at radius 1 is 0.875 bits per heavy atom. The van der Waals surface area contributed by atoms with E-state index < -0.39 is 0 Å². The van der Waals surface area contributed by atoms with Crippen LogP contribution >= 0.6 is 0 Å². The number of hydrogen-bond acceptors (Lipinski definition) is 3. The lowest BCUT2D eigenvalue weighted by molar-refractivity contribution is 0.441. The van der Waals surface area contributed by atoms with Crippen molar-refractivity contribution in [1.82, 2.24) is 0 Å². The van der Waals surface area contributed by atoms with Crippen LogP contribution in [0.15, 0.2) is 41.6 Å². The Hall–Kier alpha value is -2.16. The maximum absolute atomic E-state index is 10.9. The number of phenolic OH excluding ortho intramolecular Hbond substituents is 1. The van der Waals surface area contributed by atoms with E-state index in [9.17, 15) is 10.0 Å². The molecule has 1 fully saturated rings. The third-order valence-electron chi connectivity index (χ3n) is 5.55. The molecule has 0 spiro atoms. The fourth-order valence-electron chi connectivity index (χ4n) is 4.08. The Morgan fingerprint density at radius 3 is 2.00 bits per heavy atom. The van der Waals surface area contributed by atoms with Gasteiger partial charge in [0.2, 0.25) is 0 Å². The van der Waals surface area contributed by atoms with E-state index in [4.69, 9.17) is 0 Å². The predicted octanol–water partition coefficient (Wildman–Crippen LogP) is 6.05. The van der Waals surface area contributed by atoms with Crippen molar-refractivity contribution in [3.05, 3.63) is 63.6 Å². The number of aromatic hydroxyl groups is 1. The highest BCUT2D eigenvalue weighted by Gasteiger charge is 2.35. The molecular weight excluding hydrogens is 298 g/mol. The Kier molecular flexibility index (Phi) is 4.70. The molecule has 3 rings (SSSR count). The number of hydrogen-bond donors (Lipinski definition) is 1. The highest BCUT2D eigenvalue weighted by molar-refractivity contribution is 5.52. The molecule has 0 atom stereocenters. The fourth-order valence-corrected chi connectivity index (χ4v) is 4.08. The van der Waals surface area contributed by atoms with Gasteiger partial charge in [-0.3, -0.25) is 0 Å². The molecule has 2 aromatic carbocycles. The van der Waals surface area contributed by atoms with E-state index in [0.29, 0.717) is 11.4 Å². The topological polar surface area (TPSA) is 49.7 Å². The average Bonchev–Trinajstić information content (AvgIpc) is 2.84. The molecule has 0 saturated heterocycles. The van der Waals surface area contributed by atoms with E-state index in [1.807, 2.05) is 26.0 Å². The second-order valence-electron chi connectivity index (χ2n) is 7.09. The molecule has 0 bridgehead atoms. The number of nitroso groups, excluding NO2 is 1. The summed E-state index contributed by atoms with van der Waals surface area (Å²) in [6.45, 7) is 3.90. The predicted molar refractivity (Wildman–Crippen MR) is 98.0 cm³/mol. The molecule has 2 aromatic rings. The summed E-state index contributed by atoms with van der Waals surface area (Å²) in [7, 11) is 0. The van der Waals surface area contributed by atoms with Gasteiger partial charge in [0.05, 0.1) is 0 Å². The van der Waals surface area contributed by atoms with Gasteiger partial charge in [-0.15, -0.1) is 4.91 Å². The maximum atomic E-state index is 10.9.